The summed E-state index contributed by atoms with van der Waals surface area (Å²) in [6, 6.07) is 6.20. The Bertz CT molecular complexity index is 352. The molecule has 1 unspecified atom stereocenters. The summed E-state index contributed by atoms with van der Waals surface area (Å²) >= 11 is 3.74. The van der Waals surface area contributed by atoms with Crippen LogP contribution in [0.3, 0.4) is 0 Å². The molecular formula is C15H23BrO2. The summed E-state index contributed by atoms with van der Waals surface area (Å²) in [5.41, 5.74) is 1.26. The van der Waals surface area contributed by atoms with Gasteiger partial charge >= 0.3 is 0 Å². The van der Waals surface area contributed by atoms with E-state index in [2.05, 4.69) is 35.0 Å². The van der Waals surface area contributed by atoms with E-state index in [9.17, 15) is 0 Å². The molecule has 0 heterocycles. The van der Waals surface area contributed by atoms with Gasteiger partial charge in [0, 0.05) is 4.83 Å². The van der Waals surface area contributed by atoms with Crippen molar-refractivity contribution in [2.75, 3.05) is 13.2 Å². The predicted molar refractivity (Wildman–Crippen MR) is 80.0 cm³/mol. The number of hydrogen-bond acceptors (Lipinski definition) is 2. The summed E-state index contributed by atoms with van der Waals surface area (Å²) < 4.78 is 11.2. The SMILES string of the molecule is CCCCC(Br)c1ccc(OCC)c(OCC)c1. The second kappa shape index (κ2) is 8.41. The minimum absolute atomic E-state index is 0.396. The summed E-state index contributed by atoms with van der Waals surface area (Å²) in [4.78, 5) is 0.396. The molecule has 0 N–H and O–H groups in total. The first-order chi connectivity index (χ1) is 8.72. The lowest BCUT2D eigenvalue weighted by Crippen LogP contribution is -2.00. The lowest BCUT2D eigenvalue weighted by molar-refractivity contribution is 0.287. The van der Waals surface area contributed by atoms with Crippen molar-refractivity contribution in [2.45, 2.75) is 44.9 Å². The van der Waals surface area contributed by atoms with Gasteiger partial charge in [-0.2, -0.15) is 0 Å². The molecule has 0 spiro atoms. The van der Waals surface area contributed by atoms with Gasteiger partial charge < -0.3 is 9.47 Å². The summed E-state index contributed by atoms with van der Waals surface area (Å²) in [5, 5.41) is 0. The molecule has 3 heteroatoms. The van der Waals surface area contributed by atoms with Gasteiger partial charge in [0.15, 0.2) is 11.5 Å². The van der Waals surface area contributed by atoms with Crippen LogP contribution in [-0.2, 0) is 0 Å². The third-order valence-electron chi connectivity index (χ3n) is 2.74. The molecule has 0 aromatic heterocycles. The third-order valence-corrected chi connectivity index (χ3v) is 3.73. The fourth-order valence-electron chi connectivity index (χ4n) is 1.81. The summed E-state index contributed by atoms with van der Waals surface area (Å²) in [5.74, 6) is 1.68. The zero-order chi connectivity index (χ0) is 13.4. The predicted octanol–water partition coefficient (Wildman–Crippen LogP) is 5.11. The van der Waals surface area contributed by atoms with Crippen molar-refractivity contribution < 1.29 is 9.47 Å². The van der Waals surface area contributed by atoms with Gasteiger partial charge in [-0.25, -0.2) is 0 Å². The second-order valence-corrected chi connectivity index (χ2v) is 5.29. The van der Waals surface area contributed by atoms with Crippen molar-refractivity contribution in [1.29, 1.82) is 0 Å². The highest BCUT2D eigenvalue weighted by molar-refractivity contribution is 9.09. The van der Waals surface area contributed by atoms with Gasteiger partial charge in [-0.3, -0.25) is 0 Å². The number of hydrogen-bond donors (Lipinski definition) is 0. The van der Waals surface area contributed by atoms with Gasteiger partial charge in [0.1, 0.15) is 0 Å². The van der Waals surface area contributed by atoms with Gasteiger partial charge in [-0.05, 0) is 38.0 Å². The average Bonchev–Trinajstić information content (AvgIpc) is 2.38. The minimum atomic E-state index is 0.396. The highest BCUT2D eigenvalue weighted by Gasteiger charge is 2.11. The normalized spacial score (nSPS) is 12.2. The van der Waals surface area contributed by atoms with Crippen LogP contribution in [0.25, 0.3) is 0 Å². The molecule has 102 valence electrons. The molecule has 0 aliphatic heterocycles. The molecule has 0 saturated carbocycles. The fourth-order valence-corrected chi connectivity index (χ4v) is 2.42. The molecule has 1 atom stereocenters. The Morgan fingerprint density at radius 1 is 1.06 bits per heavy atom. The standard InChI is InChI=1S/C15H23BrO2/c1-4-7-8-13(16)12-9-10-14(17-5-2)15(11-12)18-6-3/h9-11,13H,4-8H2,1-3H3. The molecule has 1 aromatic carbocycles. The monoisotopic (exact) mass is 314 g/mol. The highest BCUT2D eigenvalue weighted by Crippen LogP contribution is 2.35. The van der Waals surface area contributed by atoms with Crippen molar-refractivity contribution >= 4 is 15.9 Å². The summed E-state index contributed by atoms with van der Waals surface area (Å²) in [6.07, 6.45) is 3.60. The van der Waals surface area contributed by atoms with E-state index in [1.54, 1.807) is 0 Å². The number of benzene rings is 1. The van der Waals surface area contributed by atoms with Crippen LogP contribution in [0.5, 0.6) is 11.5 Å². The zero-order valence-corrected chi connectivity index (χ0v) is 13.1. The van der Waals surface area contributed by atoms with E-state index < -0.39 is 0 Å². The quantitative estimate of drug-likeness (QED) is 0.621. The van der Waals surface area contributed by atoms with Crippen LogP contribution < -0.4 is 9.47 Å². The molecule has 2 nitrogen and oxygen atoms in total. The van der Waals surface area contributed by atoms with Crippen molar-refractivity contribution in [2.24, 2.45) is 0 Å². The van der Waals surface area contributed by atoms with Crippen molar-refractivity contribution in [3.63, 3.8) is 0 Å². The number of halogens is 1. The lowest BCUT2D eigenvalue weighted by atomic mass is 10.1. The van der Waals surface area contributed by atoms with E-state index in [-0.39, 0.29) is 0 Å². The largest absolute Gasteiger partial charge is 0.490 e. The van der Waals surface area contributed by atoms with Crippen LogP contribution in [0.2, 0.25) is 0 Å². The molecule has 0 aliphatic carbocycles. The zero-order valence-electron chi connectivity index (χ0n) is 11.5. The number of ether oxygens (including phenoxy) is 2. The third kappa shape index (κ3) is 4.52. The molecule has 1 aromatic rings. The fraction of sp³-hybridized carbons (Fsp3) is 0.600. The van der Waals surface area contributed by atoms with Crippen LogP contribution in [0.4, 0.5) is 0 Å². The molecule has 0 fully saturated rings. The Balaban J connectivity index is 2.84. The Morgan fingerprint density at radius 3 is 2.33 bits per heavy atom. The van der Waals surface area contributed by atoms with E-state index in [1.165, 1.54) is 18.4 Å². The van der Waals surface area contributed by atoms with E-state index in [0.717, 1.165) is 17.9 Å². The first-order valence-electron chi connectivity index (χ1n) is 6.76. The first-order valence-corrected chi connectivity index (χ1v) is 7.68. The van der Waals surface area contributed by atoms with E-state index >= 15 is 0 Å². The molecular weight excluding hydrogens is 292 g/mol. The van der Waals surface area contributed by atoms with Crippen LogP contribution >= 0.6 is 15.9 Å². The second-order valence-electron chi connectivity index (χ2n) is 4.18. The maximum Gasteiger partial charge on any atom is 0.161 e. The molecule has 0 bridgehead atoms. The van der Waals surface area contributed by atoms with Crippen LogP contribution in [0.15, 0.2) is 18.2 Å². The van der Waals surface area contributed by atoms with Crippen LogP contribution in [0.1, 0.15) is 50.4 Å². The van der Waals surface area contributed by atoms with Crippen molar-refractivity contribution in [1.82, 2.24) is 0 Å². The smallest absolute Gasteiger partial charge is 0.161 e. The van der Waals surface area contributed by atoms with E-state index in [4.69, 9.17) is 9.47 Å². The van der Waals surface area contributed by atoms with Crippen LogP contribution in [-0.4, -0.2) is 13.2 Å². The highest BCUT2D eigenvalue weighted by atomic mass is 79.9. The van der Waals surface area contributed by atoms with Gasteiger partial charge in [-0.15, -0.1) is 0 Å². The molecule has 1 rings (SSSR count). The molecule has 0 amide bonds. The lowest BCUT2D eigenvalue weighted by Gasteiger charge is -2.15. The number of rotatable bonds is 8. The van der Waals surface area contributed by atoms with E-state index in [1.807, 2.05) is 19.9 Å². The Morgan fingerprint density at radius 2 is 1.72 bits per heavy atom. The van der Waals surface area contributed by atoms with Crippen LogP contribution in [0, 0.1) is 0 Å². The summed E-state index contributed by atoms with van der Waals surface area (Å²) in [7, 11) is 0. The Hall–Kier alpha value is -0.700. The van der Waals surface area contributed by atoms with Gasteiger partial charge in [0.25, 0.3) is 0 Å². The number of alkyl halides is 1. The maximum absolute atomic E-state index is 5.64. The van der Waals surface area contributed by atoms with Gasteiger partial charge in [-0.1, -0.05) is 41.8 Å². The van der Waals surface area contributed by atoms with E-state index in [0.29, 0.717) is 18.0 Å². The molecule has 0 aliphatic rings. The molecule has 0 saturated heterocycles. The number of unbranched alkanes of at least 4 members (excludes halogenated alkanes) is 1. The Kier molecular flexibility index (Phi) is 7.18. The van der Waals surface area contributed by atoms with Crippen molar-refractivity contribution in [3.8, 4) is 11.5 Å². The van der Waals surface area contributed by atoms with Crippen molar-refractivity contribution in [3.05, 3.63) is 23.8 Å². The Labute approximate surface area is 119 Å². The summed E-state index contributed by atoms with van der Waals surface area (Å²) in [6.45, 7) is 7.51. The topological polar surface area (TPSA) is 18.5 Å². The molecule has 0 radical (unpaired) electrons. The van der Waals surface area contributed by atoms with Gasteiger partial charge in [0.05, 0.1) is 13.2 Å². The molecule has 18 heavy (non-hydrogen) atoms. The van der Waals surface area contributed by atoms with Gasteiger partial charge in [0.2, 0.25) is 0 Å². The maximum atomic E-state index is 5.64. The minimum Gasteiger partial charge on any atom is -0.490 e. The average molecular weight is 315 g/mol. The first kappa shape index (κ1) is 15.4.